The third kappa shape index (κ3) is 7.73. The van der Waals surface area contributed by atoms with Crippen LogP contribution in [0.5, 0.6) is 0 Å². The van der Waals surface area contributed by atoms with Gasteiger partial charge in [-0.15, -0.1) is 0 Å². The van der Waals surface area contributed by atoms with Crippen LogP contribution in [-0.2, 0) is 0 Å². The Morgan fingerprint density at radius 2 is 0.658 bits per heavy atom. The standard InChI is InChI=1S/C74H50N4Si/c1-6-23-51(24-7-1)55-45-56(52-25-22-34-62(48-52)79(59-28-10-3-11-29-59,60-30-12-4-13-31-60)61-32-14-5-15-33-61)47-57(46-55)73-65-37-16-19-38-68(65)75-74(76-73)78-70-40-21-18-36-64(70)67-50-54(42-44-72(67)78)53-41-43-71-66(49-53)63-35-17-20-39-69(63)77(71)58-26-8-2-9-27-58/h1-50H. The molecule has 0 bridgehead atoms. The first-order chi connectivity index (χ1) is 39.2. The monoisotopic (exact) mass is 1020 g/mol. The maximum absolute atomic E-state index is 5.69. The number of fused-ring (bicyclic) bond motifs is 7. The van der Waals surface area contributed by atoms with Crippen LogP contribution in [-0.4, -0.2) is 27.2 Å². The molecule has 12 aromatic carbocycles. The van der Waals surface area contributed by atoms with Gasteiger partial charge in [-0.3, -0.25) is 4.57 Å². The first-order valence-corrected chi connectivity index (χ1v) is 29.1. The topological polar surface area (TPSA) is 35.6 Å². The summed E-state index contributed by atoms with van der Waals surface area (Å²) >= 11 is 0. The minimum absolute atomic E-state index is 0.626. The second-order valence-corrected chi connectivity index (χ2v) is 24.3. The van der Waals surface area contributed by atoms with Gasteiger partial charge in [0.25, 0.3) is 0 Å². The van der Waals surface area contributed by atoms with Crippen LogP contribution in [0.2, 0.25) is 0 Å². The molecule has 15 rings (SSSR count). The smallest absolute Gasteiger partial charge is 0.235 e. The largest absolute Gasteiger partial charge is 0.309 e. The maximum atomic E-state index is 5.69. The molecule has 0 unspecified atom stereocenters. The highest BCUT2D eigenvalue weighted by molar-refractivity contribution is 7.19. The van der Waals surface area contributed by atoms with Crippen molar-refractivity contribution in [2.75, 3.05) is 0 Å². The molecule has 0 N–H and O–H groups in total. The summed E-state index contributed by atoms with van der Waals surface area (Å²) in [6.07, 6.45) is 0. The van der Waals surface area contributed by atoms with E-state index < -0.39 is 8.07 Å². The third-order valence-corrected chi connectivity index (χ3v) is 20.8. The summed E-state index contributed by atoms with van der Waals surface area (Å²) in [6.45, 7) is 0. The van der Waals surface area contributed by atoms with E-state index >= 15 is 0 Å². The molecular weight excluding hydrogens is 973 g/mol. The van der Waals surface area contributed by atoms with Gasteiger partial charge in [0.15, 0.2) is 8.07 Å². The van der Waals surface area contributed by atoms with Crippen molar-refractivity contribution in [2.24, 2.45) is 0 Å². The zero-order valence-corrected chi connectivity index (χ0v) is 44.2. The molecule has 0 aliphatic heterocycles. The third-order valence-electron chi connectivity index (χ3n) is 16.0. The van der Waals surface area contributed by atoms with E-state index in [1.807, 2.05) is 0 Å². The highest BCUT2D eigenvalue weighted by Gasteiger charge is 2.41. The Morgan fingerprint density at radius 3 is 1.25 bits per heavy atom. The Labute approximate surface area is 459 Å². The van der Waals surface area contributed by atoms with Crippen molar-refractivity contribution in [3.05, 3.63) is 303 Å². The highest BCUT2D eigenvalue weighted by atomic mass is 28.3. The summed E-state index contributed by atoms with van der Waals surface area (Å²) < 4.78 is 4.63. The van der Waals surface area contributed by atoms with E-state index in [4.69, 9.17) is 9.97 Å². The van der Waals surface area contributed by atoms with Crippen LogP contribution in [0.4, 0.5) is 0 Å². The van der Waals surface area contributed by atoms with Crippen LogP contribution in [0.25, 0.3) is 111 Å². The minimum atomic E-state index is -2.82. The van der Waals surface area contributed by atoms with Gasteiger partial charge in [0, 0.05) is 38.2 Å². The fourth-order valence-electron chi connectivity index (χ4n) is 12.5. The molecule has 370 valence electrons. The second kappa shape index (κ2) is 19.1. The SMILES string of the molecule is c1ccc(-c2cc(-c3cccc([Si](c4ccccc4)(c4ccccc4)c4ccccc4)c3)cc(-c3nc(-n4c5ccccc5c5cc(-c6ccc7c(c6)c6ccccc6n7-c6ccccc6)ccc54)nc4ccccc34)c2)cc1. The first kappa shape index (κ1) is 46.1. The van der Waals surface area contributed by atoms with E-state index in [9.17, 15) is 0 Å². The van der Waals surface area contributed by atoms with Crippen molar-refractivity contribution in [3.8, 4) is 56.3 Å². The molecule has 4 nitrogen and oxygen atoms in total. The van der Waals surface area contributed by atoms with E-state index in [-0.39, 0.29) is 0 Å². The zero-order chi connectivity index (χ0) is 52.3. The Morgan fingerprint density at radius 1 is 0.241 bits per heavy atom. The van der Waals surface area contributed by atoms with E-state index in [0.29, 0.717) is 5.95 Å². The second-order valence-electron chi connectivity index (χ2n) is 20.5. The summed E-state index contributed by atoms with van der Waals surface area (Å²) in [5.41, 5.74) is 15.3. The first-order valence-electron chi connectivity index (χ1n) is 27.1. The number of nitrogens with zero attached hydrogens (tertiary/aromatic N) is 4. The van der Waals surface area contributed by atoms with Crippen LogP contribution < -0.4 is 20.7 Å². The number of rotatable bonds is 10. The summed E-state index contributed by atoms with van der Waals surface area (Å²) in [6, 6.07) is 111. The van der Waals surface area contributed by atoms with Crippen LogP contribution >= 0.6 is 0 Å². The van der Waals surface area contributed by atoms with Crippen LogP contribution in [0, 0.1) is 0 Å². The van der Waals surface area contributed by atoms with Gasteiger partial charge < -0.3 is 4.57 Å². The summed E-state index contributed by atoms with van der Waals surface area (Å²) in [7, 11) is -2.82. The van der Waals surface area contributed by atoms with Gasteiger partial charge in [-0.1, -0.05) is 231 Å². The molecule has 0 saturated carbocycles. The average Bonchev–Trinajstić information content (AvgIpc) is 4.10. The van der Waals surface area contributed by atoms with Crippen molar-refractivity contribution < 1.29 is 0 Å². The Kier molecular flexibility index (Phi) is 11.2. The summed E-state index contributed by atoms with van der Waals surface area (Å²) in [5.74, 6) is 0.626. The van der Waals surface area contributed by atoms with Crippen LogP contribution in [0.1, 0.15) is 0 Å². The lowest BCUT2D eigenvalue weighted by Gasteiger charge is -2.34. The fourth-order valence-corrected chi connectivity index (χ4v) is 17.3. The van der Waals surface area contributed by atoms with E-state index in [2.05, 4.69) is 312 Å². The molecule has 3 aromatic heterocycles. The van der Waals surface area contributed by atoms with Gasteiger partial charge >= 0.3 is 0 Å². The van der Waals surface area contributed by atoms with Gasteiger partial charge in [-0.25, -0.2) is 9.97 Å². The number of hydrogen-bond acceptors (Lipinski definition) is 2. The van der Waals surface area contributed by atoms with Gasteiger partial charge in [0.05, 0.1) is 33.3 Å². The molecule has 0 atom stereocenters. The summed E-state index contributed by atoms with van der Waals surface area (Å²) in [5, 5.41) is 11.1. The summed E-state index contributed by atoms with van der Waals surface area (Å²) in [4.78, 5) is 11.1. The Bertz CT molecular complexity index is 4660. The molecule has 15 aromatic rings. The molecule has 0 fully saturated rings. The number of hydrogen-bond donors (Lipinski definition) is 0. The van der Waals surface area contributed by atoms with Crippen molar-refractivity contribution in [3.63, 3.8) is 0 Å². The van der Waals surface area contributed by atoms with Crippen molar-refractivity contribution in [2.45, 2.75) is 0 Å². The molecule has 79 heavy (non-hydrogen) atoms. The lowest BCUT2D eigenvalue weighted by atomic mass is 9.94. The van der Waals surface area contributed by atoms with Crippen LogP contribution in [0.15, 0.2) is 303 Å². The zero-order valence-electron chi connectivity index (χ0n) is 43.2. The molecule has 0 saturated heterocycles. The lowest BCUT2D eigenvalue weighted by Crippen LogP contribution is -2.74. The molecule has 0 amide bonds. The Hall–Kier alpha value is -10.2. The molecule has 5 heteroatoms. The van der Waals surface area contributed by atoms with E-state index in [0.717, 1.165) is 77.5 Å². The molecule has 0 aliphatic carbocycles. The average molecular weight is 1020 g/mol. The Balaban J connectivity index is 0.905. The number of para-hydroxylation sites is 4. The maximum Gasteiger partial charge on any atom is 0.235 e. The predicted octanol–water partition coefficient (Wildman–Crippen LogP) is 15.9. The van der Waals surface area contributed by atoms with Crippen molar-refractivity contribution >= 4 is 83.3 Å². The van der Waals surface area contributed by atoms with Gasteiger partial charge in [0.1, 0.15) is 0 Å². The normalized spacial score (nSPS) is 11.8. The lowest BCUT2D eigenvalue weighted by molar-refractivity contribution is 1.01. The highest BCUT2D eigenvalue weighted by Crippen LogP contribution is 2.40. The van der Waals surface area contributed by atoms with Crippen LogP contribution in [0.3, 0.4) is 0 Å². The predicted molar refractivity (Wildman–Crippen MR) is 334 cm³/mol. The van der Waals surface area contributed by atoms with E-state index in [1.54, 1.807) is 0 Å². The van der Waals surface area contributed by atoms with Crippen molar-refractivity contribution in [1.82, 2.24) is 19.1 Å². The minimum Gasteiger partial charge on any atom is -0.309 e. The molecular formula is C74H50N4Si. The van der Waals surface area contributed by atoms with Gasteiger partial charge in [0.2, 0.25) is 5.95 Å². The number of benzene rings is 12. The molecule has 0 spiro atoms. The van der Waals surface area contributed by atoms with Gasteiger partial charge in [-0.2, -0.15) is 0 Å². The van der Waals surface area contributed by atoms with Crippen molar-refractivity contribution in [1.29, 1.82) is 0 Å². The fraction of sp³-hybridized carbons (Fsp3) is 0. The quantitative estimate of drug-likeness (QED) is 0.101. The number of aromatic nitrogens is 4. The molecule has 3 heterocycles. The molecule has 0 radical (unpaired) electrons. The van der Waals surface area contributed by atoms with Gasteiger partial charge in [-0.05, 0) is 127 Å². The van der Waals surface area contributed by atoms with E-state index in [1.165, 1.54) is 48.1 Å². The molecule has 0 aliphatic rings.